The molecule has 0 spiro atoms. The summed E-state index contributed by atoms with van der Waals surface area (Å²) in [5, 5.41) is 2.43. The zero-order valence-electron chi connectivity index (χ0n) is 16.9. The van der Waals surface area contributed by atoms with Crippen LogP contribution in [0.2, 0.25) is 0 Å². The highest BCUT2D eigenvalue weighted by atomic mass is 32.2. The highest BCUT2D eigenvalue weighted by Crippen LogP contribution is 2.35. The molecule has 0 fully saturated rings. The third-order valence-corrected chi connectivity index (χ3v) is 6.18. The number of ether oxygens (including phenoxy) is 1. The topological polar surface area (TPSA) is 81.4 Å². The van der Waals surface area contributed by atoms with Gasteiger partial charge >= 0.3 is 0 Å². The largest absolute Gasteiger partial charge is 0.494 e. The number of anilines is 2. The number of oxazole rings is 1. The van der Waals surface area contributed by atoms with Crippen molar-refractivity contribution in [2.45, 2.75) is 16.8 Å². The molecular weight excluding hydrogens is 438 g/mol. The normalized spacial score (nSPS) is 11.3. The number of sulfone groups is 1. The van der Waals surface area contributed by atoms with Gasteiger partial charge in [-0.05, 0) is 67.6 Å². The Morgan fingerprint density at radius 2 is 1.66 bits per heavy atom. The first-order chi connectivity index (χ1) is 15.4. The van der Waals surface area contributed by atoms with Crippen molar-refractivity contribution < 1.29 is 26.4 Å². The van der Waals surface area contributed by atoms with Gasteiger partial charge in [-0.2, -0.15) is 4.98 Å². The van der Waals surface area contributed by atoms with E-state index in [0.717, 1.165) is 24.3 Å². The van der Waals surface area contributed by atoms with E-state index in [1.165, 1.54) is 18.2 Å². The lowest BCUT2D eigenvalue weighted by molar-refractivity contribution is 0.340. The second kappa shape index (κ2) is 8.80. The number of rotatable bonds is 7. The average Bonchev–Trinajstić information content (AvgIpc) is 3.20. The van der Waals surface area contributed by atoms with E-state index in [0.29, 0.717) is 18.0 Å². The molecule has 4 aromatic rings. The van der Waals surface area contributed by atoms with Crippen LogP contribution in [0.3, 0.4) is 0 Å². The molecule has 0 radical (unpaired) electrons. The maximum absolute atomic E-state index is 14.3. The summed E-state index contributed by atoms with van der Waals surface area (Å²) < 4.78 is 65.1. The lowest BCUT2D eigenvalue weighted by Crippen LogP contribution is -2.05. The number of nitrogens with zero attached hydrogens (tertiary/aromatic N) is 1. The smallest absolute Gasteiger partial charge is 0.238 e. The summed E-state index contributed by atoms with van der Waals surface area (Å²) in [6.07, 6.45) is 0. The van der Waals surface area contributed by atoms with Crippen LogP contribution >= 0.6 is 0 Å². The molecule has 0 aliphatic heterocycles. The molecule has 0 aliphatic carbocycles. The molecule has 0 amide bonds. The lowest BCUT2D eigenvalue weighted by Gasteiger charge is -2.07. The molecular formula is C23H18F2N2O4S. The molecule has 0 aliphatic rings. The van der Waals surface area contributed by atoms with E-state index < -0.39 is 26.5 Å². The number of hydrogen-bond donors (Lipinski definition) is 1. The first-order valence-corrected chi connectivity index (χ1v) is 11.1. The van der Waals surface area contributed by atoms with E-state index in [9.17, 15) is 17.2 Å². The van der Waals surface area contributed by atoms with Gasteiger partial charge in [-0.3, -0.25) is 0 Å². The number of hydrogen-bond acceptors (Lipinski definition) is 6. The Bertz CT molecular complexity index is 1340. The molecule has 0 saturated carbocycles. The Balaban J connectivity index is 1.80. The molecule has 4 rings (SSSR count). The zero-order valence-corrected chi connectivity index (χ0v) is 17.7. The zero-order chi connectivity index (χ0) is 22.7. The second-order valence-electron chi connectivity index (χ2n) is 6.67. The van der Waals surface area contributed by atoms with Gasteiger partial charge in [-0.25, -0.2) is 17.2 Å². The van der Waals surface area contributed by atoms with E-state index in [4.69, 9.17) is 9.15 Å². The molecule has 0 unspecified atom stereocenters. The minimum absolute atomic E-state index is 0.00259. The van der Waals surface area contributed by atoms with Crippen molar-refractivity contribution in [1.82, 2.24) is 4.98 Å². The Kier molecular flexibility index (Phi) is 5.91. The molecule has 9 heteroatoms. The predicted octanol–water partition coefficient (Wildman–Crippen LogP) is 5.59. The minimum atomic E-state index is -4.20. The van der Waals surface area contributed by atoms with Crippen LogP contribution in [0.4, 0.5) is 20.4 Å². The van der Waals surface area contributed by atoms with Crippen molar-refractivity contribution >= 4 is 21.4 Å². The van der Waals surface area contributed by atoms with Gasteiger partial charge in [0.05, 0.1) is 17.1 Å². The second-order valence-corrected chi connectivity index (χ2v) is 8.54. The summed E-state index contributed by atoms with van der Waals surface area (Å²) in [6.45, 7) is 2.36. The van der Waals surface area contributed by atoms with Gasteiger partial charge in [-0.15, -0.1) is 0 Å². The number of nitrogens with one attached hydrogen (secondary N) is 1. The van der Waals surface area contributed by atoms with Gasteiger partial charge in [0.15, 0.2) is 0 Å². The van der Waals surface area contributed by atoms with Gasteiger partial charge < -0.3 is 14.5 Å². The van der Waals surface area contributed by atoms with Crippen LogP contribution in [0.1, 0.15) is 6.92 Å². The third kappa shape index (κ3) is 4.33. The first-order valence-electron chi connectivity index (χ1n) is 9.64. The van der Waals surface area contributed by atoms with Gasteiger partial charge in [-0.1, -0.05) is 12.1 Å². The molecule has 1 heterocycles. The Hall–Kier alpha value is -3.72. The fraction of sp³-hybridized carbons (Fsp3) is 0.0870. The fourth-order valence-electron chi connectivity index (χ4n) is 2.97. The highest BCUT2D eigenvalue weighted by Gasteiger charge is 2.29. The molecule has 0 bridgehead atoms. The summed E-state index contributed by atoms with van der Waals surface area (Å²) in [5.41, 5.74) is 0.503. The van der Waals surface area contributed by atoms with Crippen molar-refractivity contribution in [3.8, 4) is 17.2 Å². The Morgan fingerprint density at radius 1 is 0.969 bits per heavy atom. The van der Waals surface area contributed by atoms with Crippen LogP contribution in [0.25, 0.3) is 11.5 Å². The van der Waals surface area contributed by atoms with E-state index >= 15 is 0 Å². The number of aromatic nitrogens is 1. The van der Waals surface area contributed by atoms with Crippen LogP contribution in [0, 0.1) is 11.6 Å². The molecule has 164 valence electrons. The van der Waals surface area contributed by atoms with E-state index in [-0.39, 0.29) is 22.2 Å². The SMILES string of the molecule is CCOc1ccc(Nc2oc(-c3ccccc3F)nc2S(=O)(=O)c2ccc(F)cc2)cc1. The van der Waals surface area contributed by atoms with Crippen LogP contribution < -0.4 is 10.1 Å². The van der Waals surface area contributed by atoms with Crippen LogP contribution in [-0.2, 0) is 9.84 Å². The lowest BCUT2D eigenvalue weighted by atomic mass is 10.2. The molecule has 1 aromatic heterocycles. The summed E-state index contributed by atoms with van der Waals surface area (Å²) in [7, 11) is -4.20. The Morgan fingerprint density at radius 3 is 2.31 bits per heavy atom. The molecule has 1 N–H and O–H groups in total. The van der Waals surface area contributed by atoms with Gasteiger partial charge in [0.1, 0.15) is 17.4 Å². The number of benzene rings is 3. The average molecular weight is 456 g/mol. The summed E-state index contributed by atoms with van der Waals surface area (Å²) in [4.78, 5) is 3.90. The highest BCUT2D eigenvalue weighted by molar-refractivity contribution is 7.91. The predicted molar refractivity (Wildman–Crippen MR) is 115 cm³/mol. The number of halogens is 2. The van der Waals surface area contributed by atoms with Crippen LogP contribution in [-0.4, -0.2) is 20.0 Å². The maximum atomic E-state index is 14.3. The van der Waals surface area contributed by atoms with Crippen molar-refractivity contribution in [2.75, 3.05) is 11.9 Å². The van der Waals surface area contributed by atoms with Crippen molar-refractivity contribution in [1.29, 1.82) is 0 Å². The molecule has 0 saturated heterocycles. The van der Waals surface area contributed by atoms with Crippen LogP contribution in [0.15, 0.2) is 87.1 Å². The molecule has 0 atom stereocenters. The summed E-state index contributed by atoms with van der Waals surface area (Å²) in [6, 6.07) is 16.8. The monoisotopic (exact) mass is 456 g/mol. The maximum Gasteiger partial charge on any atom is 0.238 e. The van der Waals surface area contributed by atoms with Gasteiger partial charge in [0.2, 0.25) is 26.6 Å². The fourth-order valence-corrected chi connectivity index (χ4v) is 4.23. The first kappa shape index (κ1) is 21.5. The van der Waals surface area contributed by atoms with Crippen molar-refractivity contribution in [3.63, 3.8) is 0 Å². The molecule has 6 nitrogen and oxygen atoms in total. The van der Waals surface area contributed by atoms with Gasteiger partial charge in [0.25, 0.3) is 0 Å². The van der Waals surface area contributed by atoms with E-state index in [2.05, 4.69) is 10.3 Å². The molecule has 3 aromatic carbocycles. The summed E-state index contributed by atoms with van der Waals surface area (Å²) in [5.74, 6) is -0.966. The third-order valence-electron chi connectivity index (χ3n) is 4.50. The van der Waals surface area contributed by atoms with E-state index in [1.807, 2.05) is 6.92 Å². The Labute approximate surface area is 183 Å². The van der Waals surface area contributed by atoms with Crippen molar-refractivity contribution in [3.05, 3.63) is 84.4 Å². The standard InChI is InChI=1S/C23H18F2N2O4S/c1-2-30-17-11-9-16(10-12-17)26-22-23(32(28,29)18-13-7-15(24)8-14-18)27-21(31-22)19-5-3-4-6-20(19)25/h3-14,26H,2H2,1H3. The molecule has 32 heavy (non-hydrogen) atoms. The quantitative estimate of drug-likeness (QED) is 0.365. The summed E-state index contributed by atoms with van der Waals surface area (Å²) >= 11 is 0. The van der Waals surface area contributed by atoms with Gasteiger partial charge in [0, 0.05) is 5.69 Å². The van der Waals surface area contributed by atoms with Crippen molar-refractivity contribution in [2.24, 2.45) is 0 Å². The van der Waals surface area contributed by atoms with Crippen LogP contribution in [0.5, 0.6) is 5.75 Å². The van der Waals surface area contributed by atoms with E-state index in [1.54, 1.807) is 30.3 Å². The minimum Gasteiger partial charge on any atom is -0.494 e.